The Bertz CT molecular complexity index is 760. The van der Waals surface area contributed by atoms with Crippen LogP contribution in [0.25, 0.3) is 0 Å². The minimum absolute atomic E-state index is 0. The number of aliphatic imine (C=N–C) groups is 1. The number of para-hydroxylation sites is 1. The highest BCUT2D eigenvalue weighted by atomic mass is 127. The number of amides is 1. The van der Waals surface area contributed by atoms with Gasteiger partial charge in [0, 0.05) is 39.3 Å². The van der Waals surface area contributed by atoms with Gasteiger partial charge in [-0.1, -0.05) is 18.2 Å². The van der Waals surface area contributed by atoms with Gasteiger partial charge in [-0.15, -0.1) is 24.0 Å². The summed E-state index contributed by atoms with van der Waals surface area (Å²) in [5, 5.41) is 3.36. The fourth-order valence-electron chi connectivity index (χ4n) is 3.21. The molecule has 0 radical (unpaired) electrons. The van der Waals surface area contributed by atoms with Crippen molar-refractivity contribution in [3.8, 4) is 5.75 Å². The third-order valence-corrected chi connectivity index (χ3v) is 4.76. The summed E-state index contributed by atoms with van der Waals surface area (Å²) in [6, 6.07) is 13.3. The Hall–Kier alpha value is -2.23. The Labute approximate surface area is 195 Å². The molecule has 1 aromatic heterocycles. The molecule has 2 heterocycles. The van der Waals surface area contributed by atoms with E-state index < -0.39 is 0 Å². The highest BCUT2D eigenvalue weighted by molar-refractivity contribution is 14.0. The molecule has 1 aromatic carbocycles. The van der Waals surface area contributed by atoms with Crippen molar-refractivity contribution in [2.24, 2.45) is 4.99 Å². The largest absolute Gasteiger partial charge is 0.494 e. The molecule has 0 bridgehead atoms. The molecule has 30 heavy (non-hydrogen) atoms. The summed E-state index contributed by atoms with van der Waals surface area (Å²) in [6.07, 6.45) is 3.46. The van der Waals surface area contributed by atoms with Gasteiger partial charge in [-0.25, -0.2) is 0 Å². The highest BCUT2D eigenvalue weighted by Gasteiger charge is 2.25. The maximum absolute atomic E-state index is 12.4. The Morgan fingerprint density at radius 3 is 2.47 bits per heavy atom. The molecule has 7 nitrogen and oxygen atoms in total. The average Bonchev–Trinajstić information content (AvgIpc) is 3.31. The number of furan rings is 1. The number of hydrogen-bond donors (Lipinski definition) is 1. The molecule has 1 fully saturated rings. The topological polar surface area (TPSA) is 70.3 Å². The number of guanidine groups is 1. The minimum Gasteiger partial charge on any atom is -0.494 e. The zero-order valence-electron chi connectivity index (χ0n) is 17.5. The van der Waals surface area contributed by atoms with Gasteiger partial charge in [0.25, 0.3) is 5.91 Å². The first-order chi connectivity index (χ1) is 14.3. The van der Waals surface area contributed by atoms with Gasteiger partial charge in [0.05, 0.1) is 12.9 Å². The quantitative estimate of drug-likeness (QED) is 0.247. The van der Waals surface area contributed by atoms with Crippen LogP contribution in [-0.2, 0) is 0 Å². The normalized spacial score (nSPS) is 14.2. The predicted molar refractivity (Wildman–Crippen MR) is 129 cm³/mol. The van der Waals surface area contributed by atoms with Crippen LogP contribution in [0.15, 0.2) is 58.1 Å². The average molecular weight is 526 g/mol. The van der Waals surface area contributed by atoms with Crippen molar-refractivity contribution >= 4 is 35.8 Å². The van der Waals surface area contributed by atoms with Gasteiger partial charge in [0.15, 0.2) is 11.7 Å². The molecule has 164 valence electrons. The Kier molecular flexibility index (Phi) is 10.5. The number of halogens is 1. The first kappa shape index (κ1) is 24.0. The van der Waals surface area contributed by atoms with Crippen LogP contribution >= 0.6 is 24.0 Å². The van der Waals surface area contributed by atoms with E-state index >= 15 is 0 Å². The number of hydrogen-bond acceptors (Lipinski definition) is 4. The van der Waals surface area contributed by atoms with Crippen LogP contribution in [0.1, 0.15) is 30.3 Å². The number of piperazine rings is 1. The zero-order valence-corrected chi connectivity index (χ0v) is 19.8. The number of nitrogens with zero attached hydrogens (tertiary/aromatic N) is 3. The number of rotatable bonds is 8. The van der Waals surface area contributed by atoms with E-state index in [9.17, 15) is 4.79 Å². The fraction of sp³-hybridized carbons (Fsp3) is 0.455. The van der Waals surface area contributed by atoms with Crippen LogP contribution in [-0.4, -0.2) is 67.5 Å². The number of ether oxygens (including phenoxy) is 1. The van der Waals surface area contributed by atoms with E-state index in [1.165, 1.54) is 6.26 Å². The van der Waals surface area contributed by atoms with Crippen molar-refractivity contribution < 1.29 is 13.9 Å². The van der Waals surface area contributed by atoms with Gasteiger partial charge >= 0.3 is 0 Å². The van der Waals surface area contributed by atoms with Crippen LogP contribution in [0.4, 0.5) is 0 Å². The monoisotopic (exact) mass is 526 g/mol. The van der Waals surface area contributed by atoms with E-state index in [1.54, 1.807) is 12.1 Å². The van der Waals surface area contributed by atoms with Crippen LogP contribution in [0.3, 0.4) is 0 Å². The molecule has 0 aliphatic carbocycles. The van der Waals surface area contributed by atoms with Crippen molar-refractivity contribution in [3.63, 3.8) is 0 Å². The maximum Gasteiger partial charge on any atom is 0.289 e. The molecule has 1 amide bonds. The summed E-state index contributed by atoms with van der Waals surface area (Å²) in [5.74, 6) is 2.18. The smallest absolute Gasteiger partial charge is 0.289 e. The molecular weight excluding hydrogens is 495 g/mol. The van der Waals surface area contributed by atoms with Gasteiger partial charge in [-0.2, -0.15) is 0 Å². The molecule has 0 saturated carbocycles. The first-order valence-corrected chi connectivity index (χ1v) is 10.3. The Balaban J connectivity index is 0.00000320. The molecule has 1 aliphatic rings. The van der Waals surface area contributed by atoms with Crippen LogP contribution in [0, 0.1) is 0 Å². The van der Waals surface area contributed by atoms with Crippen molar-refractivity contribution in [2.45, 2.75) is 19.8 Å². The van der Waals surface area contributed by atoms with E-state index in [2.05, 4.69) is 17.1 Å². The second-order valence-electron chi connectivity index (χ2n) is 6.86. The third-order valence-electron chi connectivity index (χ3n) is 4.76. The summed E-state index contributed by atoms with van der Waals surface area (Å²) in [7, 11) is 0. The second kappa shape index (κ2) is 13.1. The Morgan fingerprint density at radius 1 is 1.07 bits per heavy atom. The maximum atomic E-state index is 12.4. The molecule has 1 aliphatic heterocycles. The SMILES string of the molecule is CCNC(=NCCCCOc1ccccc1)N1CCN(C(=O)c2ccco2)CC1.I. The second-order valence-corrected chi connectivity index (χ2v) is 6.86. The summed E-state index contributed by atoms with van der Waals surface area (Å²) < 4.78 is 10.9. The van der Waals surface area contributed by atoms with E-state index in [1.807, 2.05) is 35.2 Å². The molecule has 2 aromatic rings. The summed E-state index contributed by atoms with van der Waals surface area (Å²) >= 11 is 0. The molecule has 3 rings (SSSR count). The predicted octanol–water partition coefficient (Wildman–Crippen LogP) is 3.48. The lowest BCUT2D eigenvalue weighted by Gasteiger charge is -2.36. The van der Waals surface area contributed by atoms with Crippen molar-refractivity contribution in [1.29, 1.82) is 0 Å². The van der Waals surface area contributed by atoms with Crippen LogP contribution in [0.5, 0.6) is 5.75 Å². The molecule has 0 atom stereocenters. The van der Waals surface area contributed by atoms with Gasteiger partial charge in [0.1, 0.15) is 5.75 Å². The van der Waals surface area contributed by atoms with Crippen molar-refractivity contribution in [3.05, 3.63) is 54.5 Å². The molecule has 1 N–H and O–H groups in total. The minimum atomic E-state index is -0.0463. The molecular formula is C22H31IN4O3. The van der Waals surface area contributed by atoms with Gasteiger partial charge in [-0.05, 0) is 44.0 Å². The summed E-state index contributed by atoms with van der Waals surface area (Å²) in [4.78, 5) is 21.2. The highest BCUT2D eigenvalue weighted by Crippen LogP contribution is 2.10. The lowest BCUT2D eigenvalue weighted by Crippen LogP contribution is -2.53. The fourth-order valence-corrected chi connectivity index (χ4v) is 3.21. The van der Waals surface area contributed by atoms with E-state index in [4.69, 9.17) is 14.1 Å². The Morgan fingerprint density at radius 2 is 1.80 bits per heavy atom. The van der Waals surface area contributed by atoms with Gasteiger partial charge < -0.3 is 24.3 Å². The third kappa shape index (κ3) is 7.23. The van der Waals surface area contributed by atoms with Crippen LogP contribution in [0.2, 0.25) is 0 Å². The lowest BCUT2D eigenvalue weighted by molar-refractivity contribution is 0.0657. The number of carbonyl (C=O) groups excluding carboxylic acids is 1. The number of carbonyl (C=O) groups is 1. The number of nitrogens with one attached hydrogen (secondary N) is 1. The van der Waals surface area contributed by atoms with Crippen molar-refractivity contribution in [1.82, 2.24) is 15.1 Å². The van der Waals surface area contributed by atoms with Gasteiger partial charge in [0.2, 0.25) is 0 Å². The van der Waals surface area contributed by atoms with E-state index in [0.717, 1.165) is 50.7 Å². The van der Waals surface area contributed by atoms with E-state index in [-0.39, 0.29) is 29.9 Å². The number of unbranched alkanes of at least 4 members (excludes halogenated alkanes) is 1. The lowest BCUT2D eigenvalue weighted by atomic mass is 10.3. The van der Waals surface area contributed by atoms with Crippen LogP contribution < -0.4 is 10.1 Å². The zero-order chi connectivity index (χ0) is 20.3. The number of benzene rings is 1. The molecule has 0 unspecified atom stereocenters. The molecule has 0 spiro atoms. The van der Waals surface area contributed by atoms with E-state index in [0.29, 0.717) is 25.5 Å². The standard InChI is InChI=1S/C22H30N4O3.HI/c1-2-23-22(24-12-6-7-17-28-19-9-4-3-5-10-19)26-15-13-25(14-16-26)21(27)20-11-8-18-29-20;/h3-5,8-11,18H,2,6-7,12-17H2,1H3,(H,23,24);1H. The van der Waals surface area contributed by atoms with Crippen molar-refractivity contribution in [2.75, 3.05) is 45.9 Å². The summed E-state index contributed by atoms with van der Waals surface area (Å²) in [5.41, 5.74) is 0. The summed E-state index contributed by atoms with van der Waals surface area (Å²) in [6.45, 7) is 7.19. The molecule has 1 saturated heterocycles. The molecule has 8 heteroatoms. The first-order valence-electron chi connectivity index (χ1n) is 10.3. The van der Waals surface area contributed by atoms with Gasteiger partial charge in [-0.3, -0.25) is 9.79 Å².